The average molecular weight is 918 g/mol. The number of carbonyl (C=O) groups excluding carboxylic acids is 3. The van der Waals surface area contributed by atoms with Crippen LogP contribution in [0.25, 0.3) is 0 Å². The topological polar surface area (TPSA) is 78.9 Å². The normalized spacial score (nSPS) is 12.0. The van der Waals surface area contributed by atoms with Crippen molar-refractivity contribution in [2.24, 2.45) is 0 Å². The molecule has 0 saturated heterocycles. The summed E-state index contributed by atoms with van der Waals surface area (Å²) in [4.78, 5) is 38.1. The van der Waals surface area contributed by atoms with Crippen molar-refractivity contribution >= 4 is 17.9 Å². The van der Waals surface area contributed by atoms with E-state index in [9.17, 15) is 14.4 Å². The van der Waals surface area contributed by atoms with Crippen LogP contribution >= 0.6 is 0 Å². The minimum absolute atomic E-state index is 0.0651. The molecule has 0 fully saturated rings. The van der Waals surface area contributed by atoms with Crippen LogP contribution in [-0.4, -0.2) is 37.2 Å². The summed E-state index contributed by atoms with van der Waals surface area (Å²) in [5.41, 5.74) is 0. The first-order valence-corrected chi connectivity index (χ1v) is 29.2. The largest absolute Gasteiger partial charge is 0.462 e. The van der Waals surface area contributed by atoms with Crippen LogP contribution in [0, 0.1) is 0 Å². The highest BCUT2D eigenvalue weighted by Gasteiger charge is 2.19. The molecule has 0 spiro atoms. The summed E-state index contributed by atoms with van der Waals surface area (Å²) in [6.07, 6.45) is 62.0. The Morgan fingerprint density at radius 1 is 0.292 bits per heavy atom. The van der Waals surface area contributed by atoms with Gasteiger partial charge in [-0.05, 0) is 44.9 Å². The molecule has 0 aliphatic carbocycles. The van der Waals surface area contributed by atoms with E-state index in [2.05, 4.69) is 32.9 Å². The summed E-state index contributed by atoms with van der Waals surface area (Å²) < 4.78 is 16.9. The first-order valence-electron chi connectivity index (χ1n) is 29.2. The van der Waals surface area contributed by atoms with Crippen LogP contribution in [0.5, 0.6) is 0 Å². The van der Waals surface area contributed by atoms with E-state index in [1.165, 1.54) is 231 Å². The van der Waals surface area contributed by atoms with Gasteiger partial charge < -0.3 is 14.2 Å². The van der Waals surface area contributed by atoms with Gasteiger partial charge >= 0.3 is 17.9 Å². The van der Waals surface area contributed by atoms with Crippen molar-refractivity contribution in [1.29, 1.82) is 0 Å². The summed E-state index contributed by atoms with van der Waals surface area (Å²) in [5.74, 6) is -0.844. The number of carbonyl (C=O) groups is 3. The van der Waals surface area contributed by atoms with E-state index in [0.717, 1.165) is 57.8 Å². The molecule has 0 aromatic heterocycles. The van der Waals surface area contributed by atoms with Gasteiger partial charge in [0.15, 0.2) is 6.10 Å². The lowest BCUT2D eigenvalue weighted by Crippen LogP contribution is -2.30. The van der Waals surface area contributed by atoms with Crippen molar-refractivity contribution in [2.75, 3.05) is 13.2 Å². The zero-order valence-corrected chi connectivity index (χ0v) is 44.0. The van der Waals surface area contributed by atoms with Crippen LogP contribution in [0.2, 0.25) is 0 Å². The van der Waals surface area contributed by atoms with Gasteiger partial charge in [0.1, 0.15) is 13.2 Å². The highest BCUT2D eigenvalue weighted by atomic mass is 16.6. The first kappa shape index (κ1) is 63.1. The quantitative estimate of drug-likeness (QED) is 0.0262. The molecule has 0 rings (SSSR count). The van der Waals surface area contributed by atoms with E-state index in [1.54, 1.807) is 0 Å². The Balaban J connectivity index is 4.31. The molecule has 0 saturated carbocycles. The van der Waals surface area contributed by atoms with Crippen LogP contribution < -0.4 is 0 Å². The average Bonchev–Trinajstić information content (AvgIpc) is 3.30. The molecular formula is C59H112O6. The zero-order valence-electron chi connectivity index (χ0n) is 44.0. The van der Waals surface area contributed by atoms with E-state index < -0.39 is 6.10 Å². The summed E-state index contributed by atoms with van der Waals surface area (Å²) in [7, 11) is 0. The molecule has 6 nitrogen and oxygen atoms in total. The molecule has 0 aliphatic rings. The molecule has 0 aromatic carbocycles. The standard InChI is InChI=1S/C59H112O6/c1-4-7-10-13-16-19-22-25-28-29-32-34-37-40-43-46-49-52-58(61)64-55-56(65-59(62)53-50-47-44-41-38-35-31-27-24-21-18-15-12-9-6-3)54-63-57(60)51-48-45-42-39-36-33-30-26-23-20-17-14-11-8-5-2/h20,23,56H,4-19,21-22,24-55H2,1-3H3/b23-20-/t56-/m1/s1. The Bertz CT molecular complexity index is 1010. The summed E-state index contributed by atoms with van der Waals surface area (Å²) >= 11 is 0. The maximum atomic E-state index is 12.8. The number of hydrogen-bond acceptors (Lipinski definition) is 6. The predicted octanol–water partition coefficient (Wildman–Crippen LogP) is 19.3. The fourth-order valence-electron chi connectivity index (χ4n) is 8.85. The summed E-state index contributed by atoms with van der Waals surface area (Å²) in [5, 5.41) is 0. The van der Waals surface area contributed by atoms with E-state index >= 15 is 0 Å². The van der Waals surface area contributed by atoms with E-state index in [0.29, 0.717) is 19.3 Å². The van der Waals surface area contributed by atoms with Crippen LogP contribution in [-0.2, 0) is 28.6 Å². The monoisotopic (exact) mass is 917 g/mol. The van der Waals surface area contributed by atoms with Gasteiger partial charge in [0.05, 0.1) is 0 Å². The molecule has 0 N–H and O–H groups in total. The minimum atomic E-state index is -0.766. The first-order chi connectivity index (χ1) is 32.0. The molecule has 0 radical (unpaired) electrons. The fraction of sp³-hybridized carbons (Fsp3) is 0.915. The second-order valence-electron chi connectivity index (χ2n) is 19.9. The molecule has 384 valence electrons. The van der Waals surface area contributed by atoms with Gasteiger partial charge in [-0.3, -0.25) is 14.4 Å². The molecule has 0 aliphatic heterocycles. The third-order valence-corrected chi connectivity index (χ3v) is 13.3. The Labute approximate surface area is 405 Å². The molecule has 0 heterocycles. The van der Waals surface area contributed by atoms with Crippen LogP contribution in [0.15, 0.2) is 12.2 Å². The van der Waals surface area contributed by atoms with Crippen molar-refractivity contribution in [2.45, 2.75) is 335 Å². The Hall–Kier alpha value is -1.85. The highest BCUT2D eigenvalue weighted by molar-refractivity contribution is 5.71. The van der Waals surface area contributed by atoms with E-state index in [1.807, 2.05) is 0 Å². The number of ether oxygens (including phenoxy) is 3. The lowest BCUT2D eigenvalue weighted by Gasteiger charge is -2.18. The molecule has 0 aromatic rings. The Morgan fingerprint density at radius 3 is 0.785 bits per heavy atom. The lowest BCUT2D eigenvalue weighted by molar-refractivity contribution is -0.167. The van der Waals surface area contributed by atoms with Gasteiger partial charge in [0, 0.05) is 19.3 Å². The zero-order chi connectivity index (χ0) is 47.2. The molecule has 65 heavy (non-hydrogen) atoms. The number of hydrogen-bond donors (Lipinski definition) is 0. The van der Waals surface area contributed by atoms with Gasteiger partial charge in [0.25, 0.3) is 0 Å². The number of allylic oxidation sites excluding steroid dienone is 2. The Kier molecular flexibility index (Phi) is 53.2. The lowest BCUT2D eigenvalue weighted by atomic mass is 10.0. The third kappa shape index (κ3) is 53.0. The maximum Gasteiger partial charge on any atom is 0.306 e. The molecule has 0 unspecified atom stereocenters. The molecular weight excluding hydrogens is 805 g/mol. The van der Waals surface area contributed by atoms with Crippen molar-refractivity contribution in [3.05, 3.63) is 12.2 Å². The van der Waals surface area contributed by atoms with Crippen molar-refractivity contribution in [1.82, 2.24) is 0 Å². The second-order valence-corrected chi connectivity index (χ2v) is 19.9. The smallest absolute Gasteiger partial charge is 0.306 e. The molecule has 1 atom stereocenters. The van der Waals surface area contributed by atoms with Gasteiger partial charge in [0.2, 0.25) is 0 Å². The fourth-order valence-corrected chi connectivity index (χ4v) is 8.85. The van der Waals surface area contributed by atoms with Gasteiger partial charge in [-0.2, -0.15) is 0 Å². The third-order valence-electron chi connectivity index (χ3n) is 13.3. The van der Waals surface area contributed by atoms with Crippen LogP contribution in [0.1, 0.15) is 329 Å². The van der Waals surface area contributed by atoms with Crippen LogP contribution in [0.3, 0.4) is 0 Å². The van der Waals surface area contributed by atoms with E-state index in [-0.39, 0.29) is 31.1 Å². The van der Waals surface area contributed by atoms with Gasteiger partial charge in [-0.15, -0.1) is 0 Å². The van der Waals surface area contributed by atoms with Crippen LogP contribution in [0.4, 0.5) is 0 Å². The number of rotatable bonds is 54. The SMILES string of the molecule is CCCCCC/C=C\CCCCCCCCCC(=O)OC[C@H](COC(=O)CCCCCCCCCCCCCCCCCCC)OC(=O)CCCCCCCCCCCCCCCCC. The van der Waals surface area contributed by atoms with Crippen molar-refractivity contribution in [3.8, 4) is 0 Å². The number of esters is 3. The van der Waals surface area contributed by atoms with Crippen molar-refractivity contribution in [3.63, 3.8) is 0 Å². The van der Waals surface area contributed by atoms with E-state index in [4.69, 9.17) is 14.2 Å². The molecule has 0 bridgehead atoms. The van der Waals surface area contributed by atoms with Gasteiger partial charge in [-0.25, -0.2) is 0 Å². The minimum Gasteiger partial charge on any atom is -0.462 e. The van der Waals surface area contributed by atoms with Gasteiger partial charge in [-0.1, -0.05) is 277 Å². The number of unbranched alkanes of at least 4 members (excludes halogenated alkanes) is 41. The predicted molar refractivity (Wildman–Crippen MR) is 280 cm³/mol. The highest BCUT2D eigenvalue weighted by Crippen LogP contribution is 2.17. The van der Waals surface area contributed by atoms with Crippen molar-refractivity contribution < 1.29 is 28.6 Å². The summed E-state index contributed by atoms with van der Waals surface area (Å²) in [6, 6.07) is 0. The maximum absolute atomic E-state index is 12.8. The molecule has 0 amide bonds. The second kappa shape index (κ2) is 54.8. The Morgan fingerprint density at radius 2 is 0.508 bits per heavy atom. The molecule has 6 heteroatoms. The summed E-state index contributed by atoms with van der Waals surface area (Å²) in [6.45, 7) is 6.68.